The number of carbonyl (C=O) groups excluding carboxylic acids is 2. The summed E-state index contributed by atoms with van der Waals surface area (Å²) in [5.41, 5.74) is 2.85. The van der Waals surface area contributed by atoms with Crippen molar-refractivity contribution in [2.45, 2.75) is 12.8 Å². The second-order valence-corrected chi connectivity index (χ2v) is 7.49. The molecule has 2 heterocycles. The van der Waals surface area contributed by atoms with Crippen LogP contribution in [-0.4, -0.2) is 21.8 Å². The molecule has 2 amide bonds. The molecular weight excluding hydrogens is 420 g/mol. The fourth-order valence-electron chi connectivity index (χ4n) is 2.78. The smallest absolute Gasteiger partial charge is 0.255 e. The fourth-order valence-corrected chi connectivity index (χ4v) is 3.05. The van der Waals surface area contributed by atoms with Crippen LogP contribution >= 0.6 is 15.9 Å². The second-order valence-electron chi connectivity index (χ2n) is 6.58. The zero-order valence-corrected chi connectivity index (χ0v) is 16.4. The number of benzene rings is 1. The van der Waals surface area contributed by atoms with Gasteiger partial charge in [-0.25, -0.2) is 4.98 Å². The quantitative estimate of drug-likeness (QED) is 0.616. The Hall–Kier alpha value is -3.06. The third kappa shape index (κ3) is 4.26. The van der Waals surface area contributed by atoms with E-state index in [9.17, 15) is 9.59 Å². The summed E-state index contributed by atoms with van der Waals surface area (Å²) >= 11 is 3.43. The van der Waals surface area contributed by atoms with Crippen molar-refractivity contribution in [3.05, 3.63) is 71.1 Å². The number of halogens is 1. The lowest BCUT2D eigenvalue weighted by Gasteiger charge is -2.11. The van der Waals surface area contributed by atoms with E-state index in [4.69, 9.17) is 0 Å². The predicted octanol–water partition coefficient (Wildman–Crippen LogP) is 4.51. The van der Waals surface area contributed by atoms with Gasteiger partial charge in [0.2, 0.25) is 5.91 Å². The molecule has 0 unspecified atom stereocenters. The van der Waals surface area contributed by atoms with Gasteiger partial charge in [0.1, 0.15) is 5.82 Å². The SMILES string of the molecule is O=C(Nc1cnccc1-c1ccc(Br)cc1)c1ccnc(NC(=O)C2CC2)c1. The summed E-state index contributed by atoms with van der Waals surface area (Å²) in [6.45, 7) is 0. The molecule has 28 heavy (non-hydrogen) atoms. The van der Waals surface area contributed by atoms with Crippen LogP contribution in [0.2, 0.25) is 0 Å². The van der Waals surface area contributed by atoms with Crippen LogP contribution < -0.4 is 10.6 Å². The lowest BCUT2D eigenvalue weighted by molar-refractivity contribution is -0.117. The van der Waals surface area contributed by atoms with Gasteiger partial charge in [0.25, 0.3) is 5.91 Å². The molecule has 2 aromatic heterocycles. The van der Waals surface area contributed by atoms with Crippen LogP contribution in [0.15, 0.2) is 65.5 Å². The maximum atomic E-state index is 12.7. The van der Waals surface area contributed by atoms with Crippen LogP contribution in [0.1, 0.15) is 23.2 Å². The lowest BCUT2D eigenvalue weighted by Crippen LogP contribution is -2.16. The molecule has 7 heteroatoms. The lowest BCUT2D eigenvalue weighted by atomic mass is 10.1. The average molecular weight is 437 g/mol. The molecule has 0 radical (unpaired) electrons. The molecule has 140 valence electrons. The Morgan fingerprint density at radius 2 is 1.79 bits per heavy atom. The normalized spacial score (nSPS) is 13.0. The van der Waals surface area contributed by atoms with E-state index in [1.54, 1.807) is 24.5 Å². The Kier molecular flexibility index (Phi) is 5.16. The molecule has 4 rings (SSSR count). The number of carbonyl (C=O) groups is 2. The number of hydrogen-bond donors (Lipinski definition) is 2. The van der Waals surface area contributed by atoms with E-state index in [1.165, 1.54) is 6.20 Å². The minimum atomic E-state index is -0.296. The molecule has 1 fully saturated rings. The minimum absolute atomic E-state index is 0.0464. The summed E-state index contributed by atoms with van der Waals surface area (Å²) in [4.78, 5) is 32.9. The summed E-state index contributed by atoms with van der Waals surface area (Å²) in [6.07, 6.45) is 6.63. The molecule has 0 aliphatic heterocycles. The Morgan fingerprint density at radius 1 is 1.00 bits per heavy atom. The zero-order chi connectivity index (χ0) is 19.5. The first-order chi connectivity index (χ1) is 13.6. The van der Waals surface area contributed by atoms with E-state index >= 15 is 0 Å². The molecule has 1 aliphatic carbocycles. The number of rotatable bonds is 5. The summed E-state index contributed by atoms with van der Waals surface area (Å²) in [5, 5.41) is 5.66. The van der Waals surface area contributed by atoms with Crippen molar-refractivity contribution >= 4 is 39.2 Å². The van der Waals surface area contributed by atoms with Gasteiger partial charge < -0.3 is 10.6 Å². The van der Waals surface area contributed by atoms with Crippen molar-refractivity contribution in [2.24, 2.45) is 5.92 Å². The van der Waals surface area contributed by atoms with Crippen LogP contribution in [0.5, 0.6) is 0 Å². The summed E-state index contributed by atoms with van der Waals surface area (Å²) in [7, 11) is 0. The topological polar surface area (TPSA) is 84.0 Å². The number of aromatic nitrogens is 2. The number of nitrogens with zero attached hydrogens (tertiary/aromatic N) is 2. The predicted molar refractivity (Wildman–Crippen MR) is 111 cm³/mol. The molecular formula is C21H17BrN4O2. The van der Waals surface area contributed by atoms with Crippen molar-refractivity contribution in [1.82, 2.24) is 9.97 Å². The minimum Gasteiger partial charge on any atom is -0.320 e. The molecule has 1 aliphatic rings. The standard InChI is InChI=1S/C21H17BrN4O2/c22-16-5-3-13(4-6-16)17-8-9-23-12-18(17)25-21(28)15-7-10-24-19(11-15)26-20(27)14-1-2-14/h3-12,14H,1-2H2,(H,25,28)(H,24,26,27). The highest BCUT2D eigenvalue weighted by molar-refractivity contribution is 9.10. The van der Waals surface area contributed by atoms with Gasteiger partial charge in [-0.2, -0.15) is 0 Å². The van der Waals surface area contributed by atoms with Crippen molar-refractivity contribution in [3.63, 3.8) is 0 Å². The average Bonchev–Trinajstić information content (AvgIpc) is 3.55. The summed E-state index contributed by atoms with van der Waals surface area (Å²) in [6, 6.07) is 12.9. The third-order valence-corrected chi connectivity index (χ3v) is 4.97. The second kappa shape index (κ2) is 7.90. The van der Waals surface area contributed by atoms with Gasteiger partial charge in [-0.05, 0) is 48.7 Å². The molecule has 0 spiro atoms. The van der Waals surface area contributed by atoms with E-state index in [2.05, 4.69) is 36.5 Å². The molecule has 1 aromatic carbocycles. The van der Waals surface area contributed by atoms with Gasteiger partial charge in [0.15, 0.2) is 0 Å². The van der Waals surface area contributed by atoms with Crippen LogP contribution in [-0.2, 0) is 4.79 Å². The summed E-state index contributed by atoms with van der Waals surface area (Å²) in [5.74, 6) is 0.109. The number of anilines is 2. The Morgan fingerprint density at radius 3 is 2.54 bits per heavy atom. The molecule has 3 aromatic rings. The molecule has 6 nitrogen and oxygen atoms in total. The highest BCUT2D eigenvalue weighted by atomic mass is 79.9. The van der Waals surface area contributed by atoms with E-state index < -0.39 is 0 Å². The first kappa shape index (κ1) is 18.3. The zero-order valence-electron chi connectivity index (χ0n) is 14.9. The van der Waals surface area contributed by atoms with Gasteiger partial charge in [-0.3, -0.25) is 14.6 Å². The van der Waals surface area contributed by atoms with Gasteiger partial charge in [-0.1, -0.05) is 28.1 Å². The van der Waals surface area contributed by atoms with Crippen molar-refractivity contribution in [2.75, 3.05) is 10.6 Å². The van der Waals surface area contributed by atoms with Gasteiger partial charge >= 0.3 is 0 Å². The largest absolute Gasteiger partial charge is 0.320 e. The Labute approximate surface area is 170 Å². The van der Waals surface area contributed by atoms with Crippen LogP contribution in [0.25, 0.3) is 11.1 Å². The van der Waals surface area contributed by atoms with Gasteiger partial charge in [-0.15, -0.1) is 0 Å². The summed E-state index contributed by atoms with van der Waals surface area (Å²) < 4.78 is 0.980. The highest BCUT2D eigenvalue weighted by Crippen LogP contribution is 2.30. The first-order valence-corrected chi connectivity index (χ1v) is 9.68. The number of amides is 2. The third-order valence-electron chi connectivity index (χ3n) is 4.45. The molecule has 0 saturated heterocycles. The van der Waals surface area contributed by atoms with Gasteiger partial charge in [0.05, 0.1) is 11.9 Å². The van der Waals surface area contributed by atoms with E-state index in [1.807, 2.05) is 30.3 Å². The highest BCUT2D eigenvalue weighted by Gasteiger charge is 2.29. The number of pyridine rings is 2. The molecule has 2 N–H and O–H groups in total. The van der Waals surface area contributed by atoms with Crippen LogP contribution in [0.4, 0.5) is 11.5 Å². The fraction of sp³-hybridized carbons (Fsp3) is 0.143. The maximum Gasteiger partial charge on any atom is 0.255 e. The first-order valence-electron chi connectivity index (χ1n) is 8.88. The number of hydrogen-bond acceptors (Lipinski definition) is 4. The molecule has 0 atom stereocenters. The monoisotopic (exact) mass is 436 g/mol. The maximum absolute atomic E-state index is 12.7. The van der Waals surface area contributed by atoms with Gasteiger partial charge in [0, 0.05) is 33.9 Å². The Balaban J connectivity index is 1.54. The van der Waals surface area contributed by atoms with Crippen LogP contribution in [0.3, 0.4) is 0 Å². The van der Waals surface area contributed by atoms with Crippen LogP contribution in [0, 0.1) is 5.92 Å². The molecule has 1 saturated carbocycles. The molecule has 0 bridgehead atoms. The van der Waals surface area contributed by atoms with Crippen molar-refractivity contribution in [3.8, 4) is 11.1 Å². The van der Waals surface area contributed by atoms with Crippen molar-refractivity contribution in [1.29, 1.82) is 0 Å². The Bertz CT molecular complexity index is 1030. The van der Waals surface area contributed by atoms with E-state index in [-0.39, 0.29) is 17.7 Å². The van der Waals surface area contributed by atoms with Crippen molar-refractivity contribution < 1.29 is 9.59 Å². The van der Waals surface area contributed by atoms with E-state index in [0.29, 0.717) is 17.1 Å². The van der Waals surface area contributed by atoms with E-state index in [0.717, 1.165) is 28.4 Å². The number of nitrogens with one attached hydrogen (secondary N) is 2.